The molecule has 1 amide bonds. The molecule has 0 radical (unpaired) electrons. The molecule has 1 N–H and O–H groups in total. The summed E-state index contributed by atoms with van der Waals surface area (Å²) in [5.74, 6) is 0.120. The van der Waals surface area contributed by atoms with Crippen molar-refractivity contribution in [1.82, 2.24) is 14.8 Å². The molecule has 3 aromatic rings. The van der Waals surface area contributed by atoms with Crippen LogP contribution in [0.15, 0.2) is 47.6 Å². The topological polar surface area (TPSA) is 112 Å². The maximum absolute atomic E-state index is 12.3. The fraction of sp³-hybridized carbons (Fsp3) is 0.211. The van der Waals surface area contributed by atoms with Gasteiger partial charge in [-0.15, -0.1) is 10.2 Å². The van der Waals surface area contributed by atoms with E-state index >= 15 is 0 Å². The molecule has 0 spiro atoms. The molecule has 0 saturated heterocycles. The van der Waals surface area contributed by atoms with Crippen molar-refractivity contribution in [2.24, 2.45) is 0 Å². The molecule has 0 aliphatic rings. The number of halogens is 3. The molecule has 0 saturated carbocycles. The van der Waals surface area contributed by atoms with Gasteiger partial charge in [-0.05, 0) is 43.3 Å². The van der Waals surface area contributed by atoms with E-state index in [1.54, 1.807) is 16.7 Å². The van der Waals surface area contributed by atoms with Gasteiger partial charge in [0, 0.05) is 23.9 Å². The highest BCUT2D eigenvalue weighted by molar-refractivity contribution is 7.99. The summed E-state index contributed by atoms with van der Waals surface area (Å²) in [6.07, 6.45) is 0. The summed E-state index contributed by atoms with van der Waals surface area (Å²) in [5.41, 5.74) is 0.582. The fourth-order valence-electron chi connectivity index (χ4n) is 2.74. The normalized spacial score (nSPS) is 10.9. The third-order valence-electron chi connectivity index (χ3n) is 4.13. The minimum absolute atomic E-state index is 0.0181. The highest BCUT2D eigenvalue weighted by atomic mass is 35.5. The Morgan fingerprint density at radius 2 is 2.00 bits per heavy atom. The van der Waals surface area contributed by atoms with Gasteiger partial charge in [-0.1, -0.05) is 23.4 Å². The Kier molecular flexibility index (Phi) is 7.59. The SMILES string of the molecule is CCn1c(SCC(=O)Nc2ccc(Cl)c([N+](=O)[O-])c2)nnc1-c1ccc(OC(F)F)cc1. The van der Waals surface area contributed by atoms with E-state index in [1.165, 1.54) is 30.3 Å². The number of amides is 1. The average molecular weight is 484 g/mol. The Morgan fingerprint density at radius 1 is 1.28 bits per heavy atom. The summed E-state index contributed by atoms with van der Waals surface area (Å²) < 4.78 is 30.7. The Hall–Kier alpha value is -3.25. The van der Waals surface area contributed by atoms with Crippen LogP contribution in [0.25, 0.3) is 11.4 Å². The molecule has 0 atom stereocenters. The summed E-state index contributed by atoms with van der Waals surface area (Å²) in [4.78, 5) is 22.6. The molecule has 0 unspecified atom stereocenters. The first kappa shape index (κ1) is 23.4. The first-order chi connectivity index (χ1) is 15.3. The highest BCUT2D eigenvalue weighted by Crippen LogP contribution is 2.28. The monoisotopic (exact) mass is 483 g/mol. The molecule has 168 valence electrons. The van der Waals surface area contributed by atoms with Crippen LogP contribution in [0, 0.1) is 10.1 Å². The van der Waals surface area contributed by atoms with Gasteiger partial charge in [0.25, 0.3) is 5.69 Å². The molecular weight excluding hydrogens is 468 g/mol. The molecule has 0 bridgehead atoms. The predicted molar refractivity (Wildman–Crippen MR) is 115 cm³/mol. The lowest BCUT2D eigenvalue weighted by molar-refractivity contribution is -0.384. The molecule has 3 rings (SSSR count). The Labute approximate surface area is 189 Å². The average Bonchev–Trinajstić information content (AvgIpc) is 3.16. The number of aromatic nitrogens is 3. The van der Waals surface area contributed by atoms with Crippen molar-refractivity contribution in [2.75, 3.05) is 11.1 Å². The largest absolute Gasteiger partial charge is 0.435 e. The standard InChI is InChI=1S/C19H16ClF2N5O4S/c1-2-26-17(11-3-6-13(7-4-11)31-18(21)22)24-25-19(26)32-10-16(28)23-12-5-8-14(20)15(9-12)27(29)30/h3-9,18H,2,10H2,1H3,(H,23,28). The molecule has 9 nitrogen and oxygen atoms in total. The molecule has 0 fully saturated rings. The van der Waals surface area contributed by atoms with Crippen LogP contribution in [0.4, 0.5) is 20.2 Å². The second-order valence-electron chi connectivity index (χ2n) is 6.21. The number of hydrogen-bond acceptors (Lipinski definition) is 7. The lowest BCUT2D eigenvalue weighted by Crippen LogP contribution is -2.14. The van der Waals surface area contributed by atoms with Crippen LogP contribution >= 0.6 is 23.4 Å². The van der Waals surface area contributed by atoms with E-state index in [0.29, 0.717) is 23.1 Å². The van der Waals surface area contributed by atoms with E-state index < -0.39 is 17.4 Å². The summed E-state index contributed by atoms with van der Waals surface area (Å²) in [6, 6.07) is 9.96. The van der Waals surface area contributed by atoms with Gasteiger partial charge in [0.1, 0.15) is 10.8 Å². The first-order valence-electron chi connectivity index (χ1n) is 9.13. The van der Waals surface area contributed by atoms with Gasteiger partial charge >= 0.3 is 6.61 Å². The number of nitrogens with one attached hydrogen (secondary N) is 1. The van der Waals surface area contributed by atoms with E-state index in [1.807, 2.05) is 6.92 Å². The zero-order valence-electron chi connectivity index (χ0n) is 16.5. The minimum atomic E-state index is -2.91. The highest BCUT2D eigenvalue weighted by Gasteiger charge is 2.17. The number of rotatable bonds is 9. The third-order valence-corrected chi connectivity index (χ3v) is 5.42. The van der Waals surface area contributed by atoms with E-state index in [2.05, 4.69) is 20.3 Å². The van der Waals surface area contributed by atoms with Crippen molar-refractivity contribution in [3.63, 3.8) is 0 Å². The van der Waals surface area contributed by atoms with Crippen LogP contribution in [0.1, 0.15) is 6.92 Å². The van der Waals surface area contributed by atoms with E-state index in [-0.39, 0.29) is 27.9 Å². The number of nitrogens with zero attached hydrogens (tertiary/aromatic N) is 4. The lowest BCUT2D eigenvalue weighted by atomic mass is 10.2. The van der Waals surface area contributed by atoms with Crippen molar-refractivity contribution in [2.45, 2.75) is 25.2 Å². The number of nitro groups is 1. The molecular formula is C19H16ClF2N5O4S. The zero-order chi connectivity index (χ0) is 23.3. The lowest BCUT2D eigenvalue weighted by Gasteiger charge is -2.09. The number of benzene rings is 2. The first-order valence-corrected chi connectivity index (χ1v) is 10.5. The number of hydrogen-bond donors (Lipinski definition) is 1. The third kappa shape index (κ3) is 5.71. The van der Waals surface area contributed by atoms with Crippen LogP contribution in [-0.2, 0) is 11.3 Å². The van der Waals surface area contributed by atoms with Gasteiger partial charge in [0.2, 0.25) is 5.91 Å². The molecule has 1 aromatic heterocycles. The van der Waals surface area contributed by atoms with Crippen molar-refractivity contribution in [1.29, 1.82) is 0 Å². The van der Waals surface area contributed by atoms with Gasteiger partial charge in [-0.3, -0.25) is 14.9 Å². The zero-order valence-corrected chi connectivity index (χ0v) is 18.1. The van der Waals surface area contributed by atoms with E-state index in [9.17, 15) is 23.7 Å². The second kappa shape index (κ2) is 10.4. The molecule has 1 heterocycles. The number of carbonyl (C=O) groups is 1. The molecule has 0 aliphatic heterocycles. The number of thioether (sulfide) groups is 1. The molecule has 13 heteroatoms. The molecule has 2 aromatic carbocycles. The van der Waals surface area contributed by atoms with Crippen molar-refractivity contribution in [3.05, 3.63) is 57.6 Å². The fourth-order valence-corrected chi connectivity index (χ4v) is 3.73. The summed E-state index contributed by atoms with van der Waals surface area (Å²) in [6.45, 7) is -0.531. The van der Waals surface area contributed by atoms with Gasteiger partial charge in [0.05, 0.1) is 10.7 Å². The van der Waals surface area contributed by atoms with Crippen LogP contribution in [0.5, 0.6) is 5.75 Å². The smallest absolute Gasteiger partial charge is 0.387 e. The van der Waals surface area contributed by atoms with Crippen LogP contribution in [0.2, 0.25) is 5.02 Å². The summed E-state index contributed by atoms with van der Waals surface area (Å²) in [5, 5.41) is 22.2. The number of anilines is 1. The molecule has 32 heavy (non-hydrogen) atoms. The van der Waals surface area contributed by atoms with Gasteiger partial charge in [-0.2, -0.15) is 8.78 Å². The Bertz CT molecular complexity index is 1130. The van der Waals surface area contributed by atoms with Gasteiger partial charge in [-0.25, -0.2) is 0 Å². The van der Waals surface area contributed by atoms with E-state index in [4.69, 9.17) is 11.6 Å². The number of alkyl halides is 2. The van der Waals surface area contributed by atoms with Crippen LogP contribution in [0.3, 0.4) is 0 Å². The second-order valence-corrected chi connectivity index (χ2v) is 7.56. The van der Waals surface area contributed by atoms with Gasteiger partial charge < -0.3 is 14.6 Å². The van der Waals surface area contributed by atoms with Crippen molar-refractivity contribution < 1.29 is 23.2 Å². The van der Waals surface area contributed by atoms with Crippen molar-refractivity contribution >= 4 is 40.6 Å². The Balaban J connectivity index is 1.67. The quantitative estimate of drug-likeness (QED) is 0.263. The van der Waals surface area contributed by atoms with Crippen molar-refractivity contribution in [3.8, 4) is 17.1 Å². The number of carbonyl (C=O) groups excluding carboxylic acids is 1. The maximum atomic E-state index is 12.3. The maximum Gasteiger partial charge on any atom is 0.387 e. The minimum Gasteiger partial charge on any atom is -0.435 e. The molecule has 0 aliphatic carbocycles. The van der Waals surface area contributed by atoms with E-state index in [0.717, 1.165) is 11.8 Å². The van der Waals surface area contributed by atoms with Crippen LogP contribution in [-0.4, -0.2) is 38.0 Å². The predicted octanol–water partition coefficient (Wildman–Crippen LogP) is 4.86. The van der Waals surface area contributed by atoms with Crippen LogP contribution < -0.4 is 10.1 Å². The number of ether oxygens (including phenoxy) is 1. The summed E-state index contributed by atoms with van der Waals surface area (Å²) in [7, 11) is 0. The number of nitro benzene ring substituents is 1. The summed E-state index contributed by atoms with van der Waals surface area (Å²) >= 11 is 6.90. The Morgan fingerprint density at radius 3 is 2.62 bits per heavy atom. The van der Waals surface area contributed by atoms with Gasteiger partial charge in [0.15, 0.2) is 11.0 Å².